The summed E-state index contributed by atoms with van der Waals surface area (Å²) in [6.45, 7) is 0.864. The Morgan fingerprint density at radius 3 is 3.14 bits per heavy atom. The van der Waals surface area contributed by atoms with Crippen molar-refractivity contribution in [1.29, 1.82) is 0 Å². The van der Waals surface area contributed by atoms with E-state index in [0.717, 1.165) is 22.2 Å². The van der Waals surface area contributed by atoms with Crippen molar-refractivity contribution in [2.24, 2.45) is 0 Å². The average Bonchev–Trinajstić information content (AvgIpc) is 2.29. The van der Waals surface area contributed by atoms with Crippen molar-refractivity contribution in [3.63, 3.8) is 0 Å². The van der Waals surface area contributed by atoms with Crippen LogP contribution in [0, 0.1) is 0 Å². The molecule has 0 radical (unpaired) electrons. The Bertz CT molecular complexity index is 482. The number of rotatable bonds is 0. The predicted molar refractivity (Wildman–Crippen MR) is 52.0 cm³/mol. The molecule has 0 bridgehead atoms. The Morgan fingerprint density at radius 1 is 1.21 bits per heavy atom. The van der Waals surface area contributed by atoms with Crippen molar-refractivity contribution in [2.45, 2.75) is 6.61 Å². The van der Waals surface area contributed by atoms with Crippen molar-refractivity contribution in [1.82, 2.24) is 4.98 Å². The van der Waals surface area contributed by atoms with E-state index >= 15 is 0 Å². The number of pyridine rings is 1. The van der Waals surface area contributed by atoms with Crippen LogP contribution in [0.1, 0.15) is 5.69 Å². The summed E-state index contributed by atoms with van der Waals surface area (Å²) >= 11 is 0. The Morgan fingerprint density at radius 2 is 2.14 bits per heavy atom. The molecule has 1 aliphatic rings. The monoisotopic (exact) mass is 187 g/mol. The average molecular weight is 187 g/mol. The van der Waals surface area contributed by atoms with Crippen molar-refractivity contribution in [3.05, 3.63) is 36.2 Å². The first-order chi connectivity index (χ1) is 6.95. The lowest BCUT2D eigenvalue weighted by molar-refractivity contribution is -0.0175. The fraction of sp³-hybridized carbons (Fsp3) is 0.182. The molecule has 0 saturated heterocycles. The molecule has 3 heteroatoms. The quantitative estimate of drug-likeness (QED) is 0.633. The van der Waals surface area contributed by atoms with Gasteiger partial charge in [0, 0.05) is 17.0 Å². The molecule has 14 heavy (non-hydrogen) atoms. The minimum absolute atomic E-state index is 0.322. The topological polar surface area (TPSA) is 31.4 Å². The van der Waals surface area contributed by atoms with E-state index < -0.39 is 0 Å². The Labute approximate surface area is 81.3 Å². The van der Waals surface area contributed by atoms with Crippen LogP contribution in [0.25, 0.3) is 10.8 Å². The summed E-state index contributed by atoms with van der Waals surface area (Å²) < 4.78 is 10.6. The lowest BCUT2D eigenvalue weighted by atomic mass is 10.1. The molecule has 0 aliphatic carbocycles. The van der Waals surface area contributed by atoms with Gasteiger partial charge >= 0.3 is 0 Å². The zero-order chi connectivity index (χ0) is 9.38. The van der Waals surface area contributed by atoms with E-state index in [1.165, 1.54) is 0 Å². The van der Waals surface area contributed by atoms with Gasteiger partial charge in [0.15, 0.2) is 12.5 Å². The van der Waals surface area contributed by atoms with Gasteiger partial charge in [-0.1, -0.05) is 24.3 Å². The van der Waals surface area contributed by atoms with Crippen LogP contribution in [0.4, 0.5) is 0 Å². The smallest absolute Gasteiger partial charge is 0.189 e. The number of benzene rings is 1. The van der Waals surface area contributed by atoms with Gasteiger partial charge in [-0.15, -0.1) is 0 Å². The second-order valence-electron chi connectivity index (χ2n) is 3.23. The lowest BCUT2D eigenvalue weighted by Crippen LogP contribution is -2.12. The molecule has 0 atom stereocenters. The van der Waals surface area contributed by atoms with Crippen LogP contribution >= 0.6 is 0 Å². The van der Waals surface area contributed by atoms with E-state index in [2.05, 4.69) is 4.98 Å². The van der Waals surface area contributed by atoms with E-state index in [4.69, 9.17) is 9.47 Å². The van der Waals surface area contributed by atoms with Crippen molar-refractivity contribution < 1.29 is 9.47 Å². The van der Waals surface area contributed by atoms with Gasteiger partial charge in [0.2, 0.25) is 0 Å². The number of aromatic nitrogens is 1. The molecular weight excluding hydrogens is 178 g/mol. The molecule has 0 amide bonds. The third-order valence-corrected chi connectivity index (χ3v) is 2.35. The third kappa shape index (κ3) is 1.06. The number of nitrogens with zero attached hydrogens (tertiary/aromatic N) is 1. The van der Waals surface area contributed by atoms with Crippen LogP contribution < -0.4 is 4.74 Å². The van der Waals surface area contributed by atoms with Gasteiger partial charge in [0.25, 0.3) is 0 Å². The Kier molecular flexibility index (Phi) is 1.64. The normalized spacial score (nSPS) is 14.9. The highest BCUT2D eigenvalue weighted by Gasteiger charge is 2.14. The predicted octanol–water partition coefficient (Wildman–Crippen LogP) is 2.10. The summed E-state index contributed by atoms with van der Waals surface area (Å²) in [7, 11) is 0. The first-order valence-corrected chi connectivity index (χ1v) is 4.52. The number of hydrogen-bond acceptors (Lipinski definition) is 3. The maximum atomic E-state index is 5.45. The van der Waals surface area contributed by atoms with E-state index in [1.807, 2.05) is 30.5 Å². The van der Waals surface area contributed by atoms with Crippen LogP contribution in [0.2, 0.25) is 0 Å². The van der Waals surface area contributed by atoms with Gasteiger partial charge in [-0.3, -0.25) is 4.98 Å². The summed E-state index contributed by atoms with van der Waals surface area (Å²) in [5, 5.41) is 2.22. The summed E-state index contributed by atoms with van der Waals surface area (Å²) in [6.07, 6.45) is 1.85. The van der Waals surface area contributed by atoms with Gasteiger partial charge in [-0.2, -0.15) is 0 Å². The van der Waals surface area contributed by atoms with Crippen molar-refractivity contribution in [2.75, 3.05) is 6.79 Å². The first kappa shape index (κ1) is 7.76. The molecule has 0 N–H and O–H groups in total. The fourth-order valence-corrected chi connectivity index (χ4v) is 1.68. The van der Waals surface area contributed by atoms with Gasteiger partial charge < -0.3 is 9.47 Å². The van der Waals surface area contributed by atoms with E-state index in [9.17, 15) is 0 Å². The molecule has 2 aromatic rings. The second kappa shape index (κ2) is 2.96. The van der Waals surface area contributed by atoms with Crippen LogP contribution in [-0.2, 0) is 11.3 Å². The molecule has 0 spiro atoms. The van der Waals surface area contributed by atoms with Crippen LogP contribution in [0.3, 0.4) is 0 Å². The minimum atomic E-state index is 0.322. The van der Waals surface area contributed by atoms with Crippen LogP contribution in [0.15, 0.2) is 30.5 Å². The van der Waals surface area contributed by atoms with E-state index in [-0.39, 0.29) is 0 Å². The SMILES string of the molecule is c1ccc2c3c(ncc2c1)COCO3. The van der Waals surface area contributed by atoms with Crippen molar-refractivity contribution in [3.8, 4) is 5.75 Å². The standard InChI is InChI=1S/C11H9NO2/c1-2-4-9-8(3-1)5-12-10-6-13-7-14-11(9)10/h1-5H,6-7H2. The molecule has 3 nitrogen and oxygen atoms in total. The van der Waals surface area contributed by atoms with E-state index in [0.29, 0.717) is 13.4 Å². The number of fused-ring (bicyclic) bond motifs is 3. The Hall–Kier alpha value is -1.61. The highest BCUT2D eigenvalue weighted by atomic mass is 16.7. The highest BCUT2D eigenvalue weighted by Crippen LogP contribution is 2.30. The Balaban J connectivity index is 2.34. The van der Waals surface area contributed by atoms with Gasteiger partial charge in [-0.05, 0) is 0 Å². The molecule has 1 aliphatic heterocycles. The van der Waals surface area contributed by atoms with Crippen LogP contribution in [0.5, 0.6) is 5.75 Å². The molecular formula is C11H9NO2. The maximum Gasteiger partial charge on any atom is 0.189 e. The fourth-order valence-electron chi connectivity index (χ4n) is 1.68. The van der Waals surface area contributed by atoms with Crippen LogP contribution in [-0.4, -0.2) is 11.8 Å². The zero-order valence-electron chi connectivity index (χ0n) is 7.56. The molecule has 3 rings (SSSR count). The lowest BCUT2D eigenvalue weighted by Gasteiger charge is -2.18. The number of hydrogen-bond donors (Lipinski definition) is 0. The molecule has 1 aromatic carbocycles. The minimum Gasteiger partial charge on any atom is -0.465 e. The molecule has 2 heterocycles. The summed E-state index contributed by atoms with van der Waals surface area (Å²) in [5.74, 6) is 0.870. The van der Waals surface area contributed by atoms with Gasteiger partial charge in [-0.25, -0.2) is 0 Å². The third-order valence-electron chi connectivity index (χ3n) is 2.35. The van der Waals surface area contributed by atoms with Gasteiger partial charge in [0.05, 0.1) is 6.61 Å². The molecule has 1 aromatic heterocycles. The van der Waals surface area contributed by atoms with E-state index in [1.54, 1.807) is 0 Å². The molecule has 0 unspecified atom stereocenters. The molecule has 0 fully saturated rings. The molecule has 0 saturated carbocycles. The summed E-state index contributed by atoms with van der Waals surface area (Å²) in [6, 6.07) is 8.07. The highest BCUT2D eigenvalue weighted by molar-refractivity contribution is 5.88. The largest absolute Gasteiger partial charge is 0.465 e. The number of ether oxygens (including phenoxy) is 2. The zero-order valence-corrected chi connectivity index (χ0v) is 7.56. The summed E-state index contributed by atoms with van der Waals surface area (Å²) in [5.41, 5.74) is 0.884. The van der Waals surface area contributed by atoms with Crippen molar-refractivity contribution >= 4 is 10.8 Å². The second-order valence-corrected chi connectivity index (χ2v) is 3.23. The first-order valence-electron chi connectivity index (χ1n) is 4.52. The molecule has 70 valence electrons. The maximum absolute atomic E-state index is 5.45. The summed E-state index contributed by atoms with van der Waals surface area (Å²) in [4.78, 5) is 4.30. The van der Waals surface area contributed by atoms with Gasteiger partial charge in [0.1, 0.15) is 5.69 Å².